The predicted octanol–water partition coefficient (Wildman–Crippen LogP) is 3.85. The fourth-order valence-corrected chi connectivity index (χ4v) is 3.99. The Labute approximate surface area is 198 Å². The second kappa shape index (κ2) is 8.86. The zero-order valence-electron chi connectivity index (χ0n) is 18.1. The Bertz CT molecular complexity index is 1500. The molecule has 5 rings (SSSR count). The highest BCUT2D eigenvalue weighted by Crippen LogP contribution is 2.32. The van der Waals surface area contributed by atoms with Crippen molar-refractivity contribution in [1.29, 1.82) is 0 Å². The maximum absolute atomic E-state index is 13.5. The molecule has 2 amide bonds. The Hall–Kier alpha value is -4.79. The van der Waals surface area contributed by atoms with Gasteiger partial charge in [-0.3, -0.25) is 24.3 Å². The van der Waals surface area contributed by atoms with Crippen LogP contribution in [0, 0.1) is 5.82 Å². The van der Waals surface area contributed by atoms with Crippen molar-refractivity contribution in [2.45, 2.75) is 6.17 Å². The SMILES string of the molecule is O=C(O)CN1C(=O)C(NC(=O)c2cc3cc(F)ccc3o2)N=Cc2c(-c3ccccc3)cccc21. The highest BCUT2D eigenvalue weighted by atomic mass is 19.1. The van der Waals surface area contributed by atoms with Gasteiger partial charge in [0.05, 0.1) is 5.69 Å². The third-order valence-electron chi connectivity index (χ3n) is 5.57. The molecule has 8 nitrogen and oxygen atoms in total. The largest absolute Gasteiger partial charge is 0.480 e. The van der Waals surface area contributed by atoms with E-state index in [1.165, 1.54) is 30.5 Å². The summed E-state index contributed by atoms with van der Waals surface area (Å²) >= 11 is 0. The molecule has 0 bridgehead atoms. The van der Waals surface area contributed by atoms with Crippen molar-refractivity contribution in [2.24, 2.45) is 4.99 Å². The summed E-state index contributed by atoms with van der Waals surface area (Å²) in [4.78, 5) is 43.1. The van der Waals surface area contributed by atoms with Gasteiger partial charge in [0.25, 0.3) is 11.8 Å². The first-order chi connectivity index (χ1) is 16.9. The molecule has 3 aromatic carbocycles. The second-order valence-corrected chi connectivity index (χ2v) is 7.87. The molecule has 2 N–H and O–H groups in total. The molecular weight excluding hydrogens is 453 g/mol. The van der Waals surface area contributed by atoms with Gasteiger partial charge in [-0.05, 0) is 41.5 Å². The van der Waals surface area contributed by atoms with Crippen molar-refractivity contribution in [2.75, 3.05) is 11.4 Å². The van der Waals surface area contributed by atoms with Crippen LogP contribution in [0.5, 0.6) is 0 Å². The molecule has 2 heterocycles. The molecule has 0 spiro atoms. The molecule has 174 valence electrons. The van der Waals surface area contributed by atoms with Crippen LogP contribution in [0.15, 0.2) is 82.2 Å². The number of aliphatic carboxylic acids is 1. The van der Waals surface area contributed by atoms with E-state index in [1.54, 1.807) is 12.1 Å². The lowest BCUT2D eigenvalue weighted by Gasteiger charge is -2.24. The Morgan fingerprint density at radius 2 is 1.86 bits per heavy atom. The molecule has 1 aliphatic rings. The summed E-state index contributed by atoms with van der Waals surface area (Å²) in [6.45, 7) is -0.621. The summed E-state index contributed by atoms with van der Waals surface area (Å²) in [5.41, 5.74) is 2.82. The zero-order valence-corrected chi connectivity index (χ0v) is 18.1. The fraction of sp³-hybridized carbons (Fsp3) is 0.0769. The van der Waals surface area contributed by atoms with E-state index in [4.69, 9.17) is 4.42 Å². The molecule has 1 unspecified atom stereocenters. The smallest absolute Gasteiger partial charge is 0.323 e. The van der Waals surface area contributed by atoms with Crippen LogP contribution in [0.4, 0.5) is 10.1 Å². The number of carboxylic acid groups (broad SMARTS) is 1. The number of hydrogen-bond donors (Lipinski definition) is 2. The summed E-state index contributed by atoms with van der Waals surface area (Å²) in [6, 6.07) is 19.8. The molecule has 0 fully saturated rings. The highest BCUT2D eigenvalue weighted by molar-refractivity contribution is 6.11. The average Bonchev–Trinajstić information content (AvgIpc) is 3.23. The summed E-state index contributed by atoms with van der Waals surface area (Å²) in [7, 11) is 0. The predicted molar refractivity (Wildman–Crippen MR) is 127 cm³/mol. The van der Waals surface area contributed by atoms with Gasteiger partial charge >= 0.3 is 5.97 Å². The molecule has 1 atom stereocenters. The first kappa shape index (κ1) is 22.0. The normalized spacial score (nSPS) is 15.1. The van der Waals surface area contributed by atoms with Crippen molar-refractivity contribution in [3.63, 3.8) is 0 Å². The first-order valence-corrected chi connectivity index (χ1v) is 10.7. The number of benzene rings is 3. The molecule has 0 aliphatic carbocycles. The van der Waals surface area contributed by atoms with Gasteiger partial charge in [0.2, 0.25) is 6.17 Å². The number of benzodiazepines with no additional fused rings is 1. The summed E-state index contributed by atoms with van der Waals surface area (Å²) < 4.78 is 19.0. The molecule has 1 aromatic heterocycles. The lowest BCUT2D eigenvalue weighted by Crippen LogP contribution is -2.48. The molecule has 0 radical (unpaired) electrons. The van der Waals surface area contributed by atoms with Crippen LogP contribution in [-0.2, 0) is 9.59 Å². The number of rotatable bonds is 5. The maximum Gasteiger partial charge on any atom is 0.323 e. The van der Waals surface area contributed by atoms with Crippen molar-refractivity contribution >= 4 is 40.7 Å². The van der Waals surface area contributed by atoms with E-state index in [-0.39, 0.29) is 5.76 Å². The van der Waals surface area contributed by atoms with E-state index < -0.39 is 36.3 Å². The molecule has 9 heteroatoms. The Morgan fingerprint density at radius 3 is 2.63 bits per heavy atom. The minimum atomic E-state index is -1.40. The minimum absolute atomic E-state index is 0.134. The monoisotopic (exact) mass is 471 g/mol. The van der Waals surface area contributed by atoms with E-state index in [0.717, 1.165) is 16.0 Å². The van der Waals surface area contributed by atoms with Crippen LogP contribution >= 0.6 is 0 Å². The number of hydrogen-bond acceptors (Lipinski definition) is 5. The fourth-order valence-electron chi connectivity index (χ4n) is 3.99. The van der Waals surface area contributed by atoms with E-state index in [2.05, 4.69) is 10.3 Å². The first-order valence-electron chi connectivity index (χ1n) is 10.7. The number of furan rings is 1. The van der Waals surface area contributed by atoms with Crippen molar-refractivity contribution in [3.8, 4) is 11.1 Å². The number of carbonyl (C=O) groups is 3. The van der Waals surface area contributed by atoms with Crippen LogP contribution in [0.2, 0.25) is 0 Å². The van der Waals surface area contributed by atoms with Crippen LogP contribution < -0.4 is 10.2 Å². The number of fused-ring (bicyclic) bond motifs is 2. The number of anilines is 1. The second-order valence-electron chi connectivity index (χ2n) is 7.87. The molecule has 0 saturated heterocycles. The summed E-state index contributed by atoms with van der Waals surface area (Å²) in [6.07, 6.45) is 0.0546. The molecule has 1 aliphatic heterocycles. The van der Waals surface area contributed by atoms with Crippen molar-refractivity contribution < 1.29 is 28.3 Å². The van der Waals surface area contributed by atoms with Crippen LogP contribution in [0.1, 0.15) is 16.1 Å². The number of carbonyl (C=O) groups excluding carboxylic acids is 2. The van der Waals surface area contributed by atoms with Crippen molar-refractivity contribution in [3.05, 3.63) is 89.9 Å². The summed E-state index contributed by atoms with van der Waals surface area (Å²) in [5, 5.41) is 12.3. The van der Waals surface area contributed by atoms with Gasteiger partial charge in [-0.15, -0.1) is 0 Å². The van der Waals surface area contributed by atoms with Crippen LogP contribution in [-0.4, -0.2) is 41.8 Å². The number of carboxylic acids is 1. The number of nitrogens with zero attached hydrogens (tertiary/aromatic N) is 2. The van der Waals surface area contributed by atoms with E-state index >= 15 is 0 Å². The Balaban J connectivity index is 1.52. The van der Waals surface area contributed by atoms with Gasteiger partial charge < -0.3 is 14.8 Å². The Kier molecular flexibility index (Phi) is 5.58. The lowest BCUT2D eigenvalue weighted by atomic mass is 9.98. The van der Waals surface area contributed by atoms with E-state index in [1.807, 2.05) is 36.4 Å². The molecule has 0 saturated carbocycles. The van der Waals surface area contributed by atoms with Gasteiger partial charge in [-0.2, -0.15) is 0 Å². The van der Waals surface area contributed by atoms with Gasteiger partial charge in [0.15, 0.2) is 5.76 Å². The van der Waals surface area contributed by atoms with Gasteiger partial charge in [0, 0.05) is 17.2 Å². The van der Waals surface area contributed by atoms with Crippen molar-refractivity contribution in [1.82, 2.24) is 5.32 Å². The summed E-state index contributed by atoms with van der Waals surface area (Å²) in [5.74, 6) is -3.30. The maximum atomic E-state index is 13.5. The van der Waals surface area contributed by atoms with Crippen LogP contribution in [0.3, 0.4) is 0 Å². The van der Waals surface area contributed by atoms with Crippen LogP contribution in [0.25, 0.3) is 22.1 Å². The number of halogens is 1. The topological polar surface area (TPSA) is 112 Å². The number of nitrogens with one attached hydrogen (secondary N) is 1. The van der Waals surface area contributed by atoms with Gasteiger partial charge in [0.1, 0.15) is 17.9 Å². The minimum Gasteiger partial charge on any atom is -0.480 e. The average molecular weight is 471 g/mol. The Morgan fingerprint density at radius 1 is 1.06 bits per heavy atom. The number of amides is 2. The lowest BCUT2D eigenvalue weighted by molar-refractivity contribution is -0.136. The third-order valence-corrected chi connectivity index (χ3v) is 5.57. The van der Waals surface area contributed by atoms with E-state index in [9.17, 15) is 23.9 Å². The zero-order chi connectivity index (χ0) is 24.5. The van der Waals surface area contributed by atoms with Gasteiger partial charge in [-0.1, -0.05) is 42.5 Å². The number of aliphatic imine (C=N–C) groups is 1. The quantitative estimate of drug-likeness (QED) is 0.459. The highest BCUT2D eigenvalue weighted by Gasteiger charge is 2.32. The molecular formula is C26H18FN3O5. The molecule has 4 aromatic rings. The molecule has 35 heavy (non-hydrogen) atoms. The third kappa shape index (κ3) is 4.26. The van der Waals surface area contributed by atoms with Gasteiger partial charge in [-0.25, -0.2) is 4.39 Å². The van der Waals surface area contributed by atoms with E-state index in [0.29, 0.717) is 22.2 Å². The standard InChI is InChI=1S/C26H18FN3O5/c27-17-9-10-21-16(11-17)12-22(35-21)25(33)29-24-26(34)30(14-23(31)32)20-8-4-7-18(19(20)13-28-24)15-5-2-1-3-6-15/h1-13,24H,14H2,(H,29,33)(H,31,32).